The van der Waals surface area contributed by atoms with Gasteiger partial charge in [0, 0.05) is 28.8 Å². The molecule has 0 unspecified atom stereocenters. The van der Waals surface area contributed by atoms with Crippen molar-refractivity contribution in [2.24, 2.45) is 0 Å². The molecule has 0 nitrogen and oxygen atoms in total. The van der Waals surface area contributed by atoms with Crippen LogP contribution >= 0.6 is 0 Å². The third-order valence-corrected chi connectivity index (χ3v) is 5.16. The number of rotatable bonds is 3. The second-order valence-corrected chi connectivity index (χ2v) is 6.92. The van der Waals surface area contributed by atoms with Crippen LogP contribution in [-0.2, 0) is 0 Å². The van der Waals surface area contributed by atoms with Gasteiger partial charge in [-0.1, -0.05) is 48.5 Å². The Labute approximate surface area is 166 Å². The summed E-state index contributed by atoms with van der Waals surface area (Å²) in [4.78, 5) is 0. The van der Waals surface area contributed by atoms with Crippen molar-refractivity contribution in [1.29, 1.82) is 0 Å². The van der Waals surface area contributed by atoms with Crippen LogP contribution in [0.3, 0.4) is 0 Å². The predicted octanol–water partition coefficient (Wildman–Crippen LogP) is 7.14. The van der Waals surface area contributed by atoms with E-state index in [1.165, 1.54) is 33.4 Å². The summed E-state index contributed by atoms with van der Waals surface area (Å²) < 4.78 is 0. The lowest BCUT2D eigenvalue weighted by Crippen LogP contribution is -1.90. The first-order valence-electron chi connectivity index (χ1n) is 9.55. The molecular formula is C28H19+. The normalized spacial score (nSPS) is 13.7. The third kappa shape index (κ3) is 2.97. The molecule has 0 aromatic heterocycles. The minimum Gasteiger partial charge on any atom is -0.0622 e. The van der Waals surface area contributed by atoms with Gasteiger partial charge in [-0.25, -0.2) is 0 Å². The van der Waals surface area contributed by atoms with Crippen molar-refractivity contribution in [3.8, 4) is 11.1 Å². The first-order chi connectivity index (χ1) is 13.9. The molecule has 0 radical (unpaired) electrons. The molecule has 0 heterocycles. The van der Waals surface area contributed by atoms with Crippen molar-refractivity contribution in [1.82, 2.24) is 0 Å². The van der Waals surface area contributed by atoms with Crippen LogP contribution < -0.4 is 0 Å². The SMILES string of the molecule is [C+](=C1C(c2ccccc2)=Cc2ccccc21)c1ccccc1-c1ccccc1. The zero-order valence-corrected chi connectivity index (χ0v) is 15.5. The largest absolute Gasteiger partial charge is 0.138 e. The van der Waals surface area contributed by atoms with Gasteiger partial charge in [0.25, 0.3) is 0 Å². The van der Waals surface area contributed by atoms with Crippen LogP contribution in [0.15, 0.2) is 109 Å². The number of hydrogen-bond donors (Lipinski definition) is 0. The Morgan fingerprint density at radius 2 is 1.04 bits per heavy atom. The number of benzene rings is 4. The maximum Gasteiger partial charge on any atom is 0.138 e. The Balaban J connectivity index is 1.70. The Kier molecular flexibility index (Phi) is 4.18. The molecule has 1 aliphatic carbocycles. The fraction of sp³-hybridized carbons (Fsp3) is 0. The minimum absolute atomic E-state index is 1.11. The molecule has 28 heavy (non-hydrogen) atoms. The summed E-state index contributed by atoms with van der Waals surface area (Å²) in [6.07, 6.45) is 6.04. The molecule has 1 aliphatic rings. The minimum atomic E-state index is 1.11. The number of hydrogen-bond acceptors (Lipinski definition) is 0. The molecule has 0 N–H and O–H groups in total. The number of fused-ring (bicyclic) bond motifs is 1. The van der Waals surface area contributed by atoms with E-state index in [9.17, 15) is 0 Å². The highest BCUT2D eigenvalue weighted by Crippen LogP contribution is 2.42. The lowest BCUT2D eigenvalue weighted by molar-refractivity contribution is 1.52. The van der Waals surface area contributed by atoms with Crippen molar-refractivity contribution in [2.75, 3.05) is 0 Å². The molecule has 0 fully saturated rings. The van der Waals surface area contributed by atoms with E-state index in [1.807, 2.05) is 0 Å². The van der Waals surface area contributed by atoms with Crippen LogP contribution in [0.1, 0.15) is 22.3 Å². The van der Waals surface area contributed by atoms with E-state index in [1.54, 1.807) is 0 Å². The van der Waals surface area contributed by atoms with Gasteiger partial charge in [0.15, 0.2) is 0 Å². The van der Waals surface area contributed by atoms with E-state index in [-0.39, 0.29) is 0 Å². The highest BCUT2D eigenvalue weighted by molar-refractivity contribution is 6.17. The highest BCUT2D eigenvalue weighted by atomic mass is 14.2. The van der Waals surface area contributed by atoms with Crippen molar-refractivity contribution >= 4 is 17.2 Å². The Hall–Kier alpha value is -3.73. The molecule has 4 aromatic rings. The van der Waals surface area contributed by atoms with Crippen LogP contribution in [0.2, 0.25) is 0 Å². The summed E-state index contributed by atoms with van der Waals surface area (Å²) >= 11 is 0. The van der Waals surface area contributed by atoms with Gasteiger partial charge in [0.2, 0.25) is 0 Å². The van der Waals surface area contributed by atoms with Crippen LogP contribution in [0.5, 0.6) is 0 Å². The molecule has 0 atom stereocenters. The number of allylic oxidation sites excluding steroid dienone is 2. The summed E-state index contributed by atoms with van der Waals surface area (Å²) in [6.45, 7) is 0. The Morgan fingerprint density at radius 3 is 1.79 bits per heavy atom. The van der Waals surface area contributed by atoms with Gasteiger partial charge >= 0.3 is 0 Å². The van der Waals surface area contributed by atoms with E-state index < -0.39 is 0 Å². The van der Waals surface area contributed by atoms with Gasteiger partial charge in [-0.05, 0) is 60.7 Å². The fourth-order valence-electron chi connectivity index (χ4n) is 3.80. The second kappa shape index (κ2) is 7.12. The molecule has 0 saturated carbocycles. The molecule has 0 saturated heterocycles. The summed E-state index contributed by atoms with van der Waals surface area (Å²) in [6, 6.07) is 38.2. The average Bonchev–Trinajstić information content (AvgIpc) is 3.14. The predicted molar refractivity (Wildman–Crippen MR) is 118 cm³/mol. The summed E-state index contributed by atoms with van der Waals surface area (Å²) in [5.74, 6) is 0. The van der Waals surface area contributed by atoms with E-state index >= 15 is 0 Å². The molecule has 5 rings (SSSR count). The lowest BCUT2D eigenvalue weighted by atomic mass is 9.92. The third-order valence-electron chi connectivity index (χ3n) is 5.16. The molecule has 130 valence electrons. The van der Waals surface area contributed by atoms with E-state index in [4.69, 9.17) is 0 Å². The smallest absolute Gasteiger partial charge is 0.0622 e. The Morgan fingerprint density at radius 1 is 0.464 bits per heavy atom. The molecule has 0 heteroatoms. The van der Waals surface area contributed by atoms with Crippen LogP contribution in [0.4, 0.5) is 0 Å². The average molecular weight is 355 g/mol. The highest BCUT2D eigenvalue weighted by Gasteiger charge is 2.27. The second-order valence-electron chi connectivity index (χ2n) is 6.92. The summed E-state index contributed by atoms with van der Waals surface area (Å²) in [7, 11) is 0. The van der Waals surface area contributed by atoms with Gasteiger partial charge in [0.1, 0.15) is 11.1 Å². The summed E-state index contributed by atoms with van der Waals surface area (Å²) in [5.41, 5.74) is 9.62. The monoisotopic (exact) mass is 355 g/mol. The van der Waals surface area contributed by atoms with Gasteiger partial charge < -0.3 is 0 Å². The maximum absolute atomic E-state index is 3.76. The van der Waals surface area contributed by atoms with E-state index in [0.717, 1.165) is 11.1 Å². The van der Waals surface area contributed by atoms with Gasteiger partial charge in [-0.15, -0.1) is 0 Å². The van der Waals surface area contributed by atoms with Gasteiger partial charge in [0.05, 0.1) is 16.7 Å². The van der Waals surface area contributed by atoms with Gasteiger partial charge in [-0.2, -0.15) is 0 Å². The fourth-order valence-corrected chi connectivity index (χ4v) is 3.80. The topological polar surface area (TPSA) is 0 Å². The molecular weight excluding hydrogens is 336 g/mol. The quantitative estimate of drug-likeness (QED) is 0.343. The zero-order chi connectivity index (χ0) is 18.8. The standard InChI is InChI=1S/C28H19/c1-3-11-21(12-4-1)25-17-9-7-15-23(25)20-28-26-18-10-8-16-24(26)19-27(28)22-13-5-2-6-14-22/h1-19H/q+1. The van der Waals surface area contributed by atoms with E-state index in [2.05, 4.69) is 121 Å². The molecule has 0 bridgehead atoms. The van der Waals surface area contributed by atoms with Crippen molar-refractivity contribution in [3.63, 3.8) is 0 Å². The van der Waals surface area contributed by atoms with E-state index in [0.29, 0.717) is 0 Å². The molecule has 0 amide bonds. The zero-order valence-electron chi connectivity index (χ0n) is 15.5. The van der Waals surface area contributed by atoms with Gasteiger partial charge in [-0.3, -0.25) is 0 Å². The van der Waals surface area contributed by atoms with Crippen molar-refractivity contribution in [2.45, 2.75) is 0 Å². The summed E-state index contributed by atoms with van der Waals surface area (Å²) in [5, 5.41) is 0. The van der Waals surface area contributed by atoms with Crippen LogP contribution in [-0.4, -0.2) is 0 Å². The van der Waals surface area contributed by atoms with Crippen molar-refractivity contribution < 1.29 is 0 Å². The first-order valence-corrected chi connectivity index (χ1v) is 9.55. The van der Waals surface area contributed by atoms with Crippen LogP contribution in [0.25, 0.3) is 28.3 Å². The molecule has 0 spiro atoms. The van der Waals surface area contributed by atoms with Crippen LogP contribution in [0, 0.1) is 6.08 Å². The molecule has 4 aromatic carbocycles. The lowest BCUT2D eigenvalue weighted by Gasteiger charge is -2.04. The molecule has 0 aliphatic heterocycles. The first kappa shape index (κ1) is 16.4. The van der Waals surface area contributed by atoms with Crippen molar-refractivity contribution in [3.05, 3.63) is 138 Å². The Bertz CT molecular complexity index is 1180. The maximum atomic E-state index is 3.76.